The van der Waals surface area contributed by atoms with E-state index in [1.165, 1.54) is 11.3 Å². The minimum absolute atomic E-state index is 0.171. The van der Waals surface area contributed by atoms with E-state index in [9.17, 15) is 4.79 Å². The van der Waals surface area contributed by atoms with Crippen LogP contribution in [0.4, 0.5) is 5.13 Å². The van der Waals surface area contributed by atoms with Crippen LogP contribution in [0, 0.1) is 0 Å². The topological polar surface area (TPSA) is 64.1 Å². The fraction of sp³-hybridized carbons (Fsp3) is 0.136. The second-order valence-electron chi connectivity index (χ2n) is 6.19. The number of hydrogen-bond donors (Lipinski definition) is 1. The van der Waals surface area contributed by atoms with E-state index in [1.807, 2.05) is 71.7 Å². The molecule has 0 aliphatic heterocycles. The molecule has 4 rings (SSSR count). The van der Waals surface area contributed by atoms with Crippen molar-refractivity contribution in [1.29, 1.82) is 0 Å². The van der Waals surface area contributed by atoms with Gasteiger partial charge in [-0.15, -0.1) is 34.4 Å². The number of carbonyl (C=O) groups is 1. The van der Waals surface area contributed by atoms with Crippen molar-refractivity contribution in [3.63, 3.8) is 0 Å². The lowest BCUT2D eigenvalue weighted by Gasteiger charge is -2.08. The molecule has 0 atom stereocenters. The van der Waals surface area contributed by atoms with E-state index in [-0.39, 0.29) is 5.91 Å². The number of para-hydroxylation sites is 1. The number of nitrogens with zero attached hydrogens (tertiary/aromatic N) is 2. The first kappa shape index (κ1) is 20.6. The number of nitrogens with one attached hydrogen (secondary N) is 1. The Labute approximate surface area is 187 Å². The molecule has 5 nitrogen and oxygen atoms in total. The van der Waals surface area contributed by atoms with Crippen molar-refractivity contribution in [3.8, 4) is 17.0 Å². The van der Waals surface area contributed by atoms with Gasteiger partial charge in [-0.2, -0.15) is 0 Å². The molecular formula is C22H19N3O2S3. The number of thiazole rings is 2. The van der Waals surface area contributed by atoms with Gasteiger partial charge in [-0.1, -0.05) is 24.3 Å². The van der Waals surface area contributed by atoms with Gasteiger partial charge in [0.1, 0.15) is 5.75 Å². The van der Waals surface area contributed by atoms with Crippen molar-refractivity contribution in [2.45, 2.75) is 17.6 Å². The first-order chi connectivity index (χ1) is 14.7. The second-order valence-corrected chi connectivity index (χ2v) is 8.78. The van der Waals surface area contributed by atoms with E-state index in [2.05, 4.69) is 15.3 Å². The van der Waals surface area contributed by atoms with E-state index in [0.717, 1.165) is 33.3 Å². The first-order valence-corrected chi connectivity index (χ1v) is 12.1. The maximum absolute atomic E-state index is 12.9. The molecule has 0 spiro atoms. The molecule has 8 heteroatoms. The van der Waals surface area contributed by atoms with E-state index in [4.69, 9.17) is 4.74 Å². The second kappa shape index (κ2) is 9.88. The van der Waals surface area contributed by atoms with Crippen LogP contribution in [0.2, 0.25) is 0 Å². The van der Waals surface area contributed by atoms with Crippen LogP contribution >= 0.6 is 34.4 Å². The van der Waals surface area contributed by atoms with Crippen LogP contribution in [0.1, 0.15) is 23.0 Å². The Bertz CT molecular complexity index is 1130. The molecule has 0 aliphatic rings. The Morgan fingerprint density at radius 1 is 1.13 bits per heavy atom. The van der Waals surface area contributed by atoms with Crippen molar-refractivity contribution in [3.05, 3.63) is 76.1 Å². The predicted molar refractivity (Wildman–Crippen MR) is 125 cm³/mol. The summed E-state index contributed by atoms with van der Waals surface area (Å²) in [5.41, 5.74) is 5.15. The van der Waals surface area contributed by atoms with E-state index in [0.29, 0.717) is 17.3 Å². The van der Waals surface area contributed by atoms with Gasteiger partial charge in [0.25, 0.3) is 5.91 Å². The summed E-state index contributed by atoms with van der Waals surface area (Å²) in [5, 5.41) is 7.44. The minimum atomic E-state index is -0.171. The number of ether oxygens (including phenoxy) is 1. The fourth-order valence-electron chi connectivity index (χ4n) is 2.82. The molecule has 1 N–H and O–H groups in total. The standard InChI is InChI=1S/C22H19N3O2S3/c1-2-27-19-9-5-3-7-16(19)18-13-30-22(24-18)25-21(26)17-8-4-6-10-20(17)29-12-15-11-28-14-23-15/h3-11,13-14H,2,12H2,1H3,(H,24,25,26). The zero-order valence-corrected chi connectivity index (χ0v) is 18.7. The predicted octanol–water partition coefficient (Wildman–Crippen LogP) is 6.21. The van der Waals surface area contributed by atoms with E-state index < -0.39 is 0 Å². The number of amides is 1. The van der Waals surface area contributed by atoms with Gasteiger partial charge in [-0.3, -0.25) is 10.1 Å². The molecule has 0 saturated heterocycles. The molecule has 2 aromatic heterocycles. The minimum Gasteiger partial charge on any atom is -0.493 e. The highest BCUT2D eigenvalue weighted by atomic mass is 32.2. The van der Waals surface area contributed by atoms with Crippen LogP contribution in [0.5, 0.6) is 5.75 Å². The summed E-state index contributed by atoms with van der Waals surface area (Å²) in [7, 11) is 0. The van der Waals surface area contributed by atoms with E-state index in [1.54, 1.807) is 23.1 Å². The van der Waals surface area contributed by atoms with Gasteiger partial charge < -0.3 is 4.74 Å². The Morgan fingerprint density at radius 3 is 2.80 bits per heavy atom. The average molecular weight is 454 g/mol. The smallest absolute Gasteiger partial charge is 0.258 e. The fourth-order valence-corrected chi connectivity index (χ4v) is 5.14. The van der Waals surface area contributed by atoms with Crippen LogP contribution in [-0.2, 0) is 5.75 Å². The zero-order chi connectivity index (χ0) is 20.8. The summed E-state index contributed by atoms with van der Waals surface area (Å²) < 4.78 is 5.69. The third-order valence-electron chi connectivity index (χ3n) is 4.18. The van der Waals surface area contributed by atoms with Crippen molar-refractivity contribution in [2.75, 3.05) is 11.9 Å². The van der Waals surface area contributed by atoms with Crippen molar-refractivity contribution >= 4 is 45.5 Å². The number of thioether (sulfide) groups is 1. The molecular weight excluding hydrogens is 434 g/mol. The lowest BCUT2D eigenvalue weighted by atomic mass is 10.1. The van der Waals surface area contributed by atoms with Gasteiger partial charge in [0.05, 0.1) is 29.1 Å². The van der Waals surface area contributed by atoms with Crippen LogP contribution < -0.4 is 10.1 Å². The maximum atomic E-state index is 12.9. The summed E-state index contributed by atoms with van der Waals surface area (Å²) in [5.74, 6) is 1.34. The lowest BCUT2D eigenvalue weighted by Crippen LogP contribution is -2.12. The van der Waals surface area contributed by atoms with Crippen LogP contribution in [0.3, 0.4) is 0 Å². The maximum Gasteiger partial charge on any atom is 0.258 e. The SMILES string of the molecule is CCOc1ccccc1-c1csc(NC(=O)c2ccccc2SCc2cscn2)n1. The number of anilines is 1. The quantitative estimate of drug-likeness (QED) is 0.321. The molecule has 0 radical (unpaired) electrons. The highest BCUT2D eigenvalue weighted by Crippen LogP contribution is 2.33. The highest BCUT2D eigenvalue weighted by molar-refractivity contribution is 7.98. The third-order valence-corrected chi connectivity index (χ3v) is 6.68. The molecule has 2 heterocycles. The monoisotopic (exact) mass is 453 g/mol. The van der Waals surface area contributed by atoms with Crippen LogP contribution in [0.15, 0.2) is 69.7 Å². The Morgan fingerprint density at radius 2 is 1.97 bits per heavy atom. The molecule has 0 unspecified atom stereocenters. The van der Waals surface area contributed by atoms with Crippen molar-refractivity contribution in [2.24, 2.45) is 0 Å². The zero-order valence-electron chi connectivity index (χ0n) is 16.2. The third kappa shape index (κ3) is 4.89. The van der Waals surface area contributed by atoms with Gasteiger partial charge in [-0.05, 0) is 31.2 Å². The first-order valence-electron chi connectivity index (χ1n) is 9.32. The molecule has 30 heavy (non-hydrogen) atoms. The highest BCUT2D eigenvalue weighted by Gasteiger charge is 2.15. The van der Waals surface area contributed by atoms with Gasteiger partial charge in [-0.25, -0.2) is 9.97 Å². The Kier molecular flexibility index (Phi) is 6.78. The normalized spacial score (nSPS) is 10.7. The molecule has 0 bridgehead atoms. The summed E-state index contributed by atoms with van der Waals surface area (Å²) in [6, 6.07) is 15.4. The molecule has 0 saturated carbocycles. The van der Waals surface area contributed by atoms with Crippen LogP contribution in [-0.4, -0.2) is 22.5 Å². The number of carbonyl (C=O) groups excluding carboxylic acids is 1. The molecule has 0 aliphatic carbocycles. The molecule has 2 aromatic carbocycles. The van der Waals surface area contributed by atoms with Gasteiger partial charge in [0.2, 0.25) is 0 Å². The number of hydrogen-bond acceptors (Lipinski definition) is 7. The van der Waals surface area contributed by atoms with Gasteiger partial charge in [0, 0.05) is 27.0 Å². The molecule has 4 aromatic rings. The Hall–Kier alpha value is -2.68. The lowest BCUT2D eigenvalue weighted by molar-refractivity contribution is 0.102. The molecule has 152 valence electrons. The van der Waals surface area contributed by atoms with Gasteiger partial charge >= 0.3 is 0 Å². The molecule has 0 fully saturated rings. The average Bonchev–Trinajstić information content (AvgIpc) is 3.45. The number of aromatic nitrogens is 2. The summed E-state index contributed by atoms with van der Waals surface area (Å²) >= 11 is 4.57. The number of benzene rings is 2. The summed E-state index contributed by atoms with van der Waals surface area (Å²) in [6.07, 6.45) is 0. The number of rotatable bonds is 8. The summed E-state index contributed by atoms with van der Waals surface area (Å²) in [4.78, 5) is 22.7. The largest absolute Gasteiger partial charge is 0.493 e. The van der Waals surface area contributed by atoms with Crippen LogP contribution in [0.25, 0.3) is 11.3 Å². The Balaban J connectivity index is 1.49. The van der Waals surface area contributed by atoms with Crippen molar-refractivity contribution in [1.82, 2.24) is 9.97 Å². The van der Waals surface area contributed by atoms with E-state index >= 15 is 0 Å². The van der Waals surface area contributed by atoms with Crippen molar-refractivity contribution < 1.29 is 9.53 Å². The molecule has 1 amide bonds. The van der Waals surface area contributed by atoms with Gasteiger partial charge in [0.15, 0.2) is 5.13 Å². The summed E-state index contributed by atoms with van der Waals surface area (Å²) in [6.45, 7) is 2.54.